The minimum Gasteiger partial charge on any atom is -0.333 e. The number of carbonyl (C=O) groups excluding carboxylic acids is 1. The molecule has 2 aliphatic heterocycles. The number of hydrogen-bond acceptors (Lipinski definition) is 4. The molecule has 0 saturated carbocycles. The zero-order chi connectivity index (χ0) is 16.4. The van der Waals surface area contributed by atoms with E-state index in [4.69, 9.17) is 4.98 Å². The van der Waals surface area contributed by atoms with Crippen molar-refractivity contribution in [1.82, 2.24) is 15.2 Å². The Balaban J connectivity index is 1.42. The van der Waals surface area contributed by atoms with Crippen LogP contribution >= 0.6 is 11.3 Å². The molecular formula is C19H25N3OS. The van der Waals surface area contributed by atoms with Crippen LogP contribution in [0.15, 0.2) is 24.3 Å². The van der Waals surface area contributed by atoms with Crippen molar-refractivity contribution in [2.45, 2.75) is 44.6 Å². The van der Waals surface area contributed by atoms with Gasteiger partial charge in [-0.2, -0.15) is 0 Å². The van der Waals surface area contributed by atoms with E-state index in [1.54, 1.807) is 11.3 Å². The summed E-state index contributed by atoms with van der Waals surface area (Å²) in [6.07, 6.45) is 6.33. The highest BCUT2D eigenvalue weighted by Gasteiger charge is 2.32. The molecule has 1 aromatic heterocycles. The summed E-state index contributed by atoms with van der Waals surface area (Å²) in [4.78, 5) is 19.7. The summed E-state index contributed by atoms with van der Waals surface area (Å²) in [6, 6.07) is 8.47. The molecule has 2 aromatic rings. The maximum atomic E-state index is 12.8. The first-order valence-corrected chi connectivity index (χ1v) is 9.98. The van der Waals surface area contributed by atoms with Crippen LogP contribution in [0.4, 0.5) is 0 Å². The van der Waals surface area contributed by atoms with Crippen molar-refractivity contribution in [2.75, 3.05) is 19.6 Å². The van der Waals surface area contributed by atoms with Gasteiger partial charge in [0.15, 0.2) is 0 Å². The molecule has 1 aromatic carbocycles. The van der Waals surface area contributed by atoms with E-state index >= 15 is 0 Å². The Morgan fingerprint density at radius 1 is 1.25 bits per heavy atom. The second-order valence-corrected chi connectivity index (χ2v) is 8.06. The molecule has 3 heterocycles. The van der Waals surface area contributed by atoms with Crippen molar-refractivity contribution in [3.8, 4) is 0 Å². The van der Waals surface area contributed by atoms with Gasteiger partial charge in [-0.1, -0.05) is 12.1 Å². The van der Waals surface area contributed by atoms with E-state index in [1.807, 2.05) is 6.07 Å². The minimum atomic E-state index is 0.197. The van der Waals surface area contributed by atoms with Gasteiger partial charge >= 0.3 is 0 Å². The fourth-order valence-electron chi connectivity index (χ4n) is 4.00. The SMILES string of the molecule is O=C(CCC1CCNCC1)N1CCCC1c1nc2ccccc2s1. The number of nitrogens with one attached hydrogen (secondary N) is 1. The molecule has 0 aliphatic carbocycles. The molecule has 1 atom stereocenters. The molecule has 128 valence electrons. The van der Waals surface area contributed by atoms with E-state index in [0.717, 1.165) is 55.3 Å². The van der Waals surface area contributed by atoms with Gasteiger partial charge in [0.05, 0.1) is 16.3 Å². The lowest BCUT2D eigenvalue weighted by atomic mass is 9.93. The van der Waals surface area contributed by atoms with Crippen molar-refractivity contribution < 1.29 is 4.79 Å². The highest BCUT2D eigenvalue weighted by atomic mass is 32.1. The Morgan fingerprint density at radius 2 is 2.08 bits per heavy atom. The molecule has 24 heavy (non-hydrogen) atoms. The van der Waals surface area contributed by atoms with Gasteiger partial charge in [-0.3, -0.25) is 4.79 Å². The maximum Gasteiger partial charge on any atom is 0.223 e. The molecule has 2 saturated heterocycles. The molecule has 0 radical (unpaired) electrons. The molecule has 1 N–H and O–H groups in total. The highest BCUT2D eigenvalue weighted by Crippen LogP contribution is 2.37. The molecule has 1 unspecified atom stereocenters. The summed E-state index contributed by atoms with van der Waals surface area (Å²) in [7, 11) is 0. The Labute approximate surface area is 147 Å². The van der Waals surface area contributed by atoms with Crippen LogP contribution in [0.5, 0.6) is 0 Å². The number of hydrogen-bond donors (Lipinski definition) is 1. The van der Waals surface area contributed by atoms with Crippen LogP contribution in [0.1, 0.15) is 49.6 Å². The van der Waals surface area contributed by atoms with Gasteiger partial charge in [-0.25, -0.2) is 4.98 Å². The second-order valence-electron chi connectivity index (χ2n) is 7.00. The van der Waals surface area contributed by atoms with Gasteiger partial charge in [-0.15, -0.1) is 11.3 Å². The minimum absolute atomic E-state index is 0.197. The zero-order valence-corrected chi connectivity index (χ0v) is 14.9. The van der Waals surface area contributed by atoms with Crippen LogP contribution < -0.4 is 5.32 Å². The lowest BCUT2D eigenvalue weighted by molar-refractivity contribution is -0.132. The third kappa shape index (κ3) is 3.33. The van der Waals surface area contributed by atoms with Crippen molar-refractivity contribution >= 4 is 27.5 Å². The van der Waals surface area contributed by atoms with E-state index < -0.39 is 0 Å². The Morgan fingerprint density at radius 3 is 2.92 bits per heavy atom. The van der Waals surface area contributed by atoms with Gasteiger partial charge in [0.2, 0.25) is 5.91 Å². The lowest BCUT2D eigenvalue weighted by Gasteiger charge is -2.26. The number of rotatable bonds is 4. The van der Waals surface area contributed by atoms with Crippen molar-refractivity contribution in [2.24, 2.45) is 5.92 Å². The van der Waals surface area contributed by atoms with Crippen molar-refractivity contribution in [1.29, 1.82) is 0 Å². The number of para-hydroxylation sites is 1. The molecular weight excluding hydrogens is 318 g/mol. The number of fused-ring (bicyclic) bond motifs is 1. The normalized spacial score (nSPS) is 22.3. The van der Waals surface area contributed by atoms with Gasteiger partial charge in [0.1, 0.15) is 5.01 Å². The van der Waals surface area contributed by atoms with Crippen LogP contribution in [0.3, 0.4) is 0 Å². The van der Waals surface area contributed by atoms with Crippen LogP contribution in [0, 0.1) is 5.92 Å². The Bertz CT molecular complexity index is 674. The third-order valence-corrected chi connectivity index (χ3v) is 6.53. The molecule has 2 fully saturated rings. The van der Waals surface area contributed by atoms with Crippen LogP contribution in [0.2, 0.25) is 0 Å². The quantitative estimate of drug-likeness (QED) is 0.920. The van der Waals surface area contributed by atoms with Gasteiger partial charge in [0, 0.05) is 13.0 Å². The number of aromatic nitrogens is 1. The number of likely N-dealkylation sites (tertiary alicyclic amines) is 1. The number of amides is 1. The molecule has 1 amide bonds. The molecule has 2 aliphatic rings. The number of piperidine rings is 1. The largest absolute Gasteiger partial charge is 0.333 e. The van der Waals surface area contributed by atoms with E-state index in [2.05, 4.69) is 28.4 Å². The number of nitrogens with zero attached hydrogens (tertiary/aromatic N) is 2. The Kier molecular flexibility index (Phi) is 4.81. The maximum absolute atomic E-state index is 12.8. The standard InChI is InChI=1S/C19H25N3OS/c23-18(8-7-14-9-11-20-12-10-14)22-13-3-5-16(22)19-21-15-4-1-2-6-17(15)24-19/h1-2,4,6,14,16,20H,3,5,7-13H2. The van der Waals surface area contributed by atoms with E-state index in [1.165, 1.54) is 17.5 Å². The van der Waals surface area contributed by atoms with Gasteiger partial charge in [-0.05, 0) is 63.2 Å². The van der Waals surface area contributed by atoms with Crippen molar-refractivity contribution in [3.05, 3.63) is 29.3 Å². The topological polar surface area (TPSA) is 45.2 Å². The summed E-state index contributed by atoms with van der Waals surface area (Å²) in [5.74, 6) is 1.05. The summed E-state index contributed by atoms with van der Waals surface area (Å²) in [5, 5.41) is 4.51. The smallest absolute Gasteiger partial charge is 0.223 e. The molecule has 0 spiro atoms. The first kappa shape index (κ1) is 16.0. The van der Waals surface area contributed by atoms with Crippen LogP contribution in [-0.2, 0) is 4.79 Å². The second kappa shape index (κ2) is 7.19. The van der Waals surface area contributed by atoms with Crippen LogP contribution in [0.25, 0.3) is 10.2 Å². The molecule has 5 heteroatoms. The number of thiazole rings is 1. The molecule has 4 nitrogen and oxygen atoms in total. The van der Waals surface area contributed by atoms with Crippen LogP contribution in [-0.4, -0.2) is 35.4 Å². The Hall–Kier alpha value is -1.46. The summed E-state index contributed by atoms with van der Waals surface area (Å²) in [6.45, 7) is 3.11. The third-order valence-electron chi connectivity index (χ3n) is 5.39. The fraction of sp³-hybridized carbons (Fsp3) is 0.579. The predicted molar refractivity (Wildman–Crippen MR) is 98.1 cm³/mol. The van der Waals surface area contributed by atoms with Gasteiger partial charge in [0.25, 0.3) is 0 Å². The molecule has 0 bridgehead atoms. The highest BCUT2D eigenvalue weighted by molar-refractivity contribution is 7.18. The summed E-state index contributed by atoms with van der Waals surface area (Å²) >= 11 is 1.75. The van der Waals surface area contributed by atoms with E-state index in [9.17, 15) is 4.79 Å². The average molecular weight is 343 g/mol. The number of carbonyl (C=O) groups is 1. The van der Waals surface area contributed by atoms with Gasteiger partial charge < -0.3 is 10.2 Å². The van der Waals surface area contributed by atoms with E-state index in [0.29, 0.717) is 12.3 Å². The number of benzene rings is 1. The lowest BCUT2D eigenvalue weighted by Crippen LogP contribution is -2.32. The molecule has 4 rings (SSSR count). The van der Waals surface area contributed by atoms with E-state index in [-0.39, 0.29) is 6.04 Å². The first-order valence-electron chi connectivity index (χ1n) is 9.17. The fourth-order valence-corrected chi connectivity index (χ4v) is 5.11. The van der Waals surface area contributed by atoms with Crippen molar-refractivity contribution in [3.63, 3.8) is 0 Å². The summed E-state index contributed by atoms with van der Waals surface area (Å²) < 4.78 is 1.22. The monoisotopic (exact) mass is 343 g/mol. The predicted octanol–water partition coefficient (Wildman–Crippen LogP) is 3.74. The average Bonchev–Trinajstić information content (AvgIpc) is 3.26. The first-order chi connectivity index (χ1) is 11.8. The zero-order valence-electron chi connectivity index (χ0n) is 14.0. The summed E-state index contributed by atoms with van der Waals surface area (Å²) in [5.41, 5.74) is 1.06.